The van der Waals surface area contributed by atoms with Crippen LogP contribution in [-0.2, 0) is 28.5 Å². The summed E-state index contributed by atoms with van der Waals surface area (Å²) in [5.74, 6) is 2.51. The van der Waals surface area contributed by atoms with E-state index >= 15 is 0 Å². The second-order valence-electron chi connectivity index (χ2n) is 18.2. The standard InChI is InChI=1S/C50H66N8O10/c1-63-23-25-67-41-27-33(37-29-51-45(53-37)39-15-9-21-57(39)47(59)43(55-49(61)65-3)31-11-5-6-12-31)17-19-35(41)36-20-18-34(28-42(36)68-26-24-64-2)38-30-52-46(54-38)40-16-10-22-58(40)48(60)44(56-50(62)66-4)32-13-7-8-14-32/h17-20,27-32,39-40,43-44H,5-16,21-26H2,1-4H3,(H,51,53)(H,52,54)(H,55,61)(H,56,62). The lowest BCUT2D eigenvalue weighted by Crippen LogP contribution is -2.51. The van der Waals surface area contributed by atoms with Gasteiger partial charge in [0.1, 0.15) is 48.4 Å². The summed E-state index contributed by atoms with van der Waals surface area (Å²) in [6, 6.07) is 10.1. The number of hydrogen-bond donors (Lipinski definition) is 4. The highest BCUT2D eigenvalue weighted by atomic mass is 16.5. The zero-order valence-corrected chi connectivity index (χ0v) is 39.7. The minimum Gasteiger partial charge on any atom is -0.491 e. The Bertz CT molecular complexity index is 2190. The summed E-state index contributed by atoms with van der Waals surface area (Å²) in [5, 5.41) is 5.69. The Kier molecular flexibility index (Phi) is 16.2. The number of amides is 4. The zero-order chi connectivity index (χ0) is 47.6. The molecule has 4 aromatic rings. The van der Waals surface area contributed by atoms with Crippen molar-refractivity contribution >= 4 is 24.0 Å². The van der Waals surface area contributed by atoms with E-state index in [1.165, 1.54) is 14.2 Å². The van der Waals surface area contributed by atoms with Crippen molar-refractivity contribution in [2.24, 2.45) is 11.8 Å². The molecule has 2 saturated carbocycles. The maximum Gasteiger partial charge on any atom is 0.407 e. The number of likely N-dealkylation sites (tertiary alicyclic amines) is 2. The molecule has 4 amide bonds. The Morgan fingerprint density at radius 2 is 1.00 bits per heavy atom. The highest BCUT2D eigenvalue weighted by Gasteiger charge is 2.42. The zero-order valence-electron chi connectivity index (χ0n) is 39.7. The van der Waals surface area contributed by atoms with Crippen LogP contribution in [0.15, 0.2) is 48.8 Å². The van der Waals surface area contributed by atoms with Gasteiger partial charge in [0.15, 0.2) is 0 Å². The highest BCUT2D eigenvalue weighted by molar-refractivity contribution is 5.88. The van der Waals surface area contributed by atoms with Crippen LogP contribution in [0, 0.1) is 11.8 Å². The predicted molar refractivity (Wildman–Crippen MR) is 252 cm³/mol. The van der Waals surface area contributed by atoms with Crippen molar-refractivity contribution in [2.45, 2.75) is 101 Å². The molecule has 4 aliphatic rings. The first-order chi connectivity index (χ1) is 33.2. The number of hydrogen-bond acceptors (Lipinski definition) is 12. The van der Waals surface area contributed by atoms with Crippen molar-refractivity contribution in [1.29, 1.82) is 0 Å². The topological polar surface area (TPSA) is 212 Å². The number of aromatic nitrogens is 4. The Morgan fingerprint density at radius 3 is 1.38 bits per heavy atom. The van der Waals surface area contributed by atoms with Gasteiger partial charge in [-0.15, -0.1) is 0 Å². The van der Waals surface area contributed by atoms with E-state index < -0.39 is 24.3 Å². The van der Waals surface area contributed by atoms with Gasteiger partial charge < -0.3 is 58.8 Å². The third-order valence-electron chi connectivity index (χ3n) is 14.1. The van der Waals surface area contributed by atoms with Crippen molar-refractivity contribution in [3.05, 3.63) is 60.4 Å². The van der Waals surface area contributed by atoms with Crippen LogP contribution in [0.1, 0.15) is 101 Å². The number of nitrogens with one attached hydrogen (secondary N) is 4. The molecule has 2 aromatic carbocycles. The molecule has 2 aromatic heterocycles. The van der Waals surface area contributed by atoms with Gasteiger partial charge in [0.2, 0.25) is 11.8 Å². The fourth-order valence-corrected chi connectivity index (χ4v) is 10.5. The molecule has 18 nitrogen and oxygen atoms in total. The second-order valence-corrected chi connectivity index (χ2v) is 18.2. The molecule has 366 valence electrons. The number of imidazole rings is 2. The molecule has 4 heterocycles. The molecule has 4 atom stereocenters. The van der Waals surface area contributed by atoms with Crippen molar-refractivity contribution in [3.8, 4) is 45.1 Å². The molecule has 18 heteroatoms. The number of ether oxygens (including phenoxy) is 6. The normalized spacial score (nSPS) is 19.5. The molecule has 4 fully saturated rings. The first kappa shape index (κ1) is 48.3. The van der Waals surface area contributed by atoms with Gasteiger partial charge in [0.25, 0.3) is 0 Å². The lowest BCUT2D eigenvalue weighted by atomic mass is 9.96. The van der Waals surface area contributed by atoms with E-state index in [0.717, 1.165) is 111 Å². The summed E-state index contributed by atoms with van der Waals surface area (Å²) in [4.78, 5) is 73.3. The number of benzene rings is 2. The monoisotopic (exact) mass is 938 g/mol. The summed E-state index contributed by atoms with van der Waals surface area (Å²) in [6.45, 7) is 2.51. The first-order valence-corrected chi connectivity index (χ1v) is 24.1. The molecular formula is C50H66N8O10. The predicted octanol–water partition coefficient (Wildman–Crippen LogP) is 7.34. The summed E-state index contributed by atoms with van der Waals surface area (Å²) >= 11 is 0. The maximum atomic E-state index is 14.1. The number of carbonyl (C=O) groups excluding carboxylic acids is 4. The summed E-state index contributed by atoms with van der Waals surface area (Å²) in [6.07, 6.45) is 13.2. The molecule has 4 unspecified atom stereocenters. The smallest absolute Gasteiger partial charge is 0.407 e. The van der Waals surface area contributed by atoms with E-state index in [4.69, 9.17) is 38.4 Å². The third kappa shape index (κ3) is 10.9. The number of rotatable bonds is 19. The fraction of sp³-hybridized carbons (Fsp3) is 0.560. The third-order valence-corrected chi connectivity index (χ3v) is 14.1. The molecule has 8 rings (SSSR count). The van der Waals surface area contributed by atoms with Crippen molar-refractivity contribution in [2.75, 3.05) is 68.0 Å². The highest BCUT2D eigenvalue weighted by Crippen LogP contribution is 2.42. The van der Waals surface area contributed by atoms with Gasteiger partial charge in [-0.3, -0.25) is 9.59 Å². The van der Waals surface area contributed by atoms with Crippen LogP contribution < -0.4 is 20.1 Å². The van der Waals surface area contributed by atoms with Crippen LogP contribution in [0.3, 0.4) is 0 Å². The molecule has 0 radical (unpaired) electrons. The molecule has 0 spiro atoms. The van der Waals surface area contributed by atoms with Crippen molar-refractivity contribution in [3.63, 3.8) is 0 Å². The number of aromatic amines is 2. The molecule has 2 aliphatic heterocycles. The molecule has 4 N–H and O–H groups in total. The number of nitrogens with zero attached hydrogens (tertiary/aromatic N) is 4. The molecular weight excluding hydrogens is 873 g/mol. The molecule has 0 bridgehead atoms. The summed E-state index contributed by atoms with van der Waals surface area (Å²) < 4.78 is 33.4. The van der Waals surface area contributed by atoms with Crippen molar-refractivity contribution in [1.82, 2.24) is 40.4 Å². The van der Waals surface area contributed by atoms with Gasteiger partial charge in [-0.1, -0.05) is 37.8 Å². The van der Waals surface area contributed by atoms with Crippen molar-refractivity contribution < 1.29 is 47.6 Å². The van der Waals surface area contributed by atoms with Crippen LogP contribution in [0.25, 0.3) is 33.6 Å². The maximum absolute atomic E-state index is 14.1. The first-order valence-electron chi connectivity index (χ1n) is 24.1. The van der Waals surface area contributed by atoms with E-state index in [1.807, 2.05) is 46.2 Å². The average Bonchev–Trinajstić information content (AvgIpc) is 4.22. The molecule has 68 heavy (non-hydrogen) atoms. The Morgan fingerprint density at radius 1 is 0.588 bits per heavy atom. The Balaban J connectivity index is 1.04. The van der Waals surface area contributed by atoms with E-state index in [0.29, 0.717) is 62.7 Å². The van der Waals surface area contributed by atoms with Gasteiger partial charge in [-0.25, -0.2) is 19.6 Å². The van der Waals surface area contributed by atoms with Crippen LogP contribution in [0.5, 0.6) is 11.5 Å². The van der Waals surface area contributed by atoms with Gasteiger partial charge in [0, 0.05) is 49.6 Å². The van der Waals surface area contributed by atoms with Gasteiger partial charge in [0.05, 0.1) is 63.3 Å². The number of carbonyl (C=O) groups is 4. The average molecular weight is 939 g/mol. The minimum atomic E-state index is -0.646. The molecule has 2 saturated heterocycles. The van der Waals surface area contributed by atoms with E-state index in [2.05, 4.69) is 20.6 Å². The summed E-state index contributed by atoms with van der Waals surface area (Å²) in [7, 11) is 5.89. The van der Waals surface area contributed by atoms with Gasteiger partial charge in [-0.2, -0.15) is 0 Å². The number of alkyl carbamates (subject to hydrolysis) is 2. The van der Waals surface area contributed by atoms with Crippen LogP contribution >= 0.6 is 0 Å². The van der Waals surface area contributed by atoms with Crippen LogP contribution in [-0.4, -0.2) is 134 Å². The Hall–Kier alpha value is -6.14. The minimum absolute atomic E-state index is 0.0659. The fourth-order valence-electron chi connectivity index (χ4n) is 10.5. The lowest BCUT2D eigenvalue weighted by Gasteiger charge is -2.31. The Labute approximate surface area is 397 Å². The summed E-state index contributed by atoms with van der Waals surface area (Å²) in [5.41, 5.74) is 4.81. The van der Waals surface area contributed by atoms with Gasteiger partial charge in [-0.05, 0) is 87.5 Å². The van der Waals surface area contributed by atoms with Crippen LogP contribution in [0.2, 0.25) is 0 Å². The number of methoxy groups -OCH3 is 4. The quantitative estimate of drug-likeness (QED) is 0.0681. The van der Waals surface area contributed by atoms with Gasteiger partial charge >= 0.3 is 12.2 Å². The lowest BCUT2D eigenvalue weighted by molar-refractivity contribution is -0.136. The van der Waals surface area contributed by atoms with E-state index in [1.54, 1.807) is 26.6 Å². The van der Waals surface area contributed by atoms with Crippen LogP contribution in [0.4, 0.5) is 9.59 Å². The van der Waals surface area contributed by atoms with E-state index in [-0.39, 0.29) is 35.7 Å². The largest absolute Gasteiger partial charge is 0.491 e. The number of H-pyrrole nitrogens is 2. The second kappa shape index (κ2) is 22.8. The molecule has 2 aliphatic carbocycles. The van der Waals surface area contributed by atoms with E-state index in [9.17, 15) is 19.2 Å². The SMILES string of the molecule is COCCOc1cc(-c2cnc(C3CCCN3C(=O)C(NC(=O)OC)C3CCCC3)[nH]2)ccc1-c1ccc(-c2cnc(C3CCCN3C(=O)C(NC(=O)OC)C3CCCC3)[nH]2)cc1OCCOC.